The standard InChI is InChI=1S/C25H27ClFN7O2/c1-4-34(5-2)9-8-28-25(36)20-10-14(3)19(32-20)12-16-21-22(29-13-30-23(21)33-24(16)35)31-15-6-7-18(27)17(26)11-15/h6-7,10-13,32H,4-5,8-9H2,1-3H3,(H,28,36)(H2,29,30,31,33,35)/b16-12-. The van der Waals surface area contributed by atoms with E-state index in [9.17, 15) is 14.0 Å². The summed E-state index contributed by atoms with van der Waals surface area (Å²) in [6.45, 7) is 9.15. The Kier molecular flexibility index (Phi) is 7.66. The first-order valence-corrected chi connectivity index (χ1v) is 12.0. The molecule has 1 aromatic carbocycles. The van der Waals surface area contributed by atoms with Crippen LogP contribution < -0.4 is 16.0 Å². The number of aromatic nitrogens is 3. The maximum Gasteiger partial charge on any atom is 0.267 e. The van der Waals surface area contributed by atoms with Crippen LogP contribution in [0.5, 0.6) is 0 Å². The van der Waals surface area contributed by atoms with E-state index in [-0.39, 0.29) is 16.8 Å². The van der Waals surface area contributed by atoms with Gasteiger partial charge < -0.3 is 25.8 Å². The SMILES string of the molecule is CCN(CC)CCNC(=O)c1cc(C)c(/C=C2\C(=O)Nc3ncnc(Nc4ccc(F)c(Cl)c4)c32)[nH]1. The van der Waals surface area contributed by atoms with E-state index in [2.05, 4.69) is 49.6 Å². The molecule has 9 nitrogen and oxygen atoms in total. The van der Waals surface area contributed by atoms with Gasteiger partial charge in [-0.1, -0.05) is 25.4 Å². The van der Waals surface area contributed by atoms with Gasteiger partial charge in [0.1, 0.15) is 29.5 Å². The normalized spacial score (nSPS) is 13.7. The minimum atomic E-state index is -0.539. The third kappa shape index (κ3) is 5.39. The molecule has 0 saturated heterocycles. The summed E-state index contributed by atoms with van der Waals surface area (Å²) in [5.41, 5.74) is 3.10. The second kappa shape index (κ2) is 10.9. The molecule has 0 unspecified atom stereocenters. The van der Waals surface area contributed by atoms with Crippen LogP contribution in [0.2, 0.25) is 5.02 Å². The van der Waals surface area contributed by atoms with Crippen molar-refractivity contribution in [2.24, 2.45) is 0 Å². The fourth-order valence-electron chi connectivity index (χ4n) is 3.92. The summed E-state index contributed by atoms with van der Waals surface area (Å²) in [7, 11) is 0. The monoisotopic (exact) mass is 511 g/mol. The summed E-state index contributed by atoms with van der Waals surface area (Å²) >= 11 is 5.90. The summed E-state index contributed by atoms with van der Waals surface area (Å²) < 4.78 is 13.6. The van der Waals surface area contributed by atoms with Crippen LogP contribution in [0.3, 0.4) is 0 Å². The highest BCUT2D eigenvalue weighted by atomic mass is 35.5. The van der Waals surface area contributed by atoms with Gasteiger partial charge in [-0.15, -0.1) is 0 Å². The molecule has 0 atom stereocenters. The Bertz CT molecular complexity index is 1330. The van der Waals surface area contributed by atoms with Crippen molar-refractivity contribution in [1.29, 1.82) is 0 Å². The van der Waals surface area contributed by atoms with E-state index < -0.39 is 5.82 Å². The number of fused-ring (bicyclic) bond motifs is 1. The Balaban J connectivity index is 1.59. The second-order valence-electron chi connectivity index (χ2n) is 8.27. The van der Waals surface area contributed by atoms with Gasteiger partial charge in [-0.05, 0) is 55.9 Å². The number of carbonyl (C=O) groups excluding carboxylic acids is 2. The molecule has 0 aliphatic carbocycles. The molecule has 2 aromatic heterocycles. The number of aromatic amines is 1. The molecule has 11 heteroatoms. The molecule has 0 radical (unpaired) electrons. The molecule has 0 spiro atoms. The van der Waals surface area contributed by atoms with Crippen molar-refractivity contribution < 1.29 is 14.0 Å². The molecule has 4 N–H and O–H groups in total. The number of nitrogens with one attached hydrogen (secondary N) is 4. The predicted octanol–water partition coefficient (Wildman–Crippen LogP) is 4.21. The highest BCUT2D eigenvalue weighted by Gasteiger charge is 2.30. The van der Waals surface area contributed by atoms with E-state index in [0.29, 0.717) is 46.4 Å². The van der Waals surface area contributed by atoms with E-state index in [0.717, 1.165) is 25.2 Å². The van der Waals surface area contributed by atoms with Crippen molar-refractivity contribution in [1.82, 2.24) is 25.2 Å². The number of benzene rings is 1. The van der Waals surface area contributed by atoms with Crippen molar-refractivity contribution in [3.05, 3.63) is 63.9 Å². The zero-order valence-corrected chi connectivity index (χ0v) is 21.0. The molecule has 3 aromatic rings. The number of likely N-dealkylation sites (N-methyl/N-ethyl adjacent to an activating group) is 1. The third-order valence-corrected chi connectivity index (χ3v) is 6.26. The van der Waals surface area contributed by atoms with Crippen molar-refractivity contribution in [2.45, 2.75) is 20.8 Å². The van der Waals surface area contributed by atoms with Gasteiger partial charge in [0.2, 0.25) is 0 Å². The molecule has 3 heterocycles. The summed E-state index contributed by atoms with van der Waals surface area (Å²) in [5.74, 6) is -0.418. The minimum Gasteiger partial charge on any atom is -0.351 e. The number of halogens is 2. The van der Waals surface area contributed by atoms with Crippen LogP contribution in [-0.2, 0) is 4.79 Å². The number of anilines is 3. The molecule has 4 rings (SSSR count). The van der Waals surface area contributed by atoms with Crippen LogP contribution in [0.25, 0.3) is 11.6 Å². The topological polar surface area (TPSA) is 115 Å². The number of aryl methyl sites for hydroxylation is 1. The summed E-state index contributed by atoms with van der Waals surface area (Å²) in [4.78, 5) is 39.2. The fraction of sp³-hybridized carbons (Fsp3) is 0.280. The number of amides is 2. The van der Waals surface area contributed by atoms with Gasteiger partial charge in [0.25, 0.3) is 11.8 Å². The van der Waals surface area contributed by atoms with E-state index in [1.165, 1.54) is 24.5 Å². The lowest BCUT2D eigenvalue weighted by Crippen LogP contribution is -2.34. The van der Waals surface area contributed by atoms with Crippen LogP contribution in [0.1, 0.15) is 41.2 Å². The lowest BCUT2D eigenvalue weighted by Gasteiger charge is -2.17. The summed E-state index contributed by atoms with van der Waals surface area (Å²) in [5, 5.41) is 8.69. The molecular weight excluding hydrogens is 485 g/mol. The molecule has 1 aliphatic rings. The fourth-order valence-corrected chi connectivity index (χ4v) is 4.10. The van der Waals surface area contributed by atoms with Gasteiger partial charge >= 0.3 is 0 Å². The Morgan fingerprint density at radius 2 is 2.00 bits per heavy atom. The number of carbonyl (C=O) groups is 2. The number of rotatable bonds is 9. The second-order valence-corrected chi connectivity index (χ2v) is 8.68. The highest BCUT2D eigenvalue weighted by Crippen LogP contribution is 2.37. The van der Waals surface area contributed by atoms with Gasteiger partial charge in [0, 0.05) is 24.5 Å². The van der Waals surface area contributed by atoms with Gasteiger partial charge in [-0.2, -0.15) is 0 Å². The average Bonchev–Trinajstić information content (AvgIpc) is 3.39. The van der Waals surface area contributed by atoms with Crippen LogP contribution in [0, 0.1) is 12.7 Å². The largest absolute Gasteiger partial charge is 0.351 e. The maximum atomic E-state index is 13.6. The summed E-state index contributed by atoms with van der Waals surface area (Å²) in [6, 6.07) is 5.93. The lowest BCUT2D eigenvalue weighted by atomic mass is 10.1. The molecule has 0 saturated carbocycles. The number of H-pyrrole nitrogens is 1. The quantitative estimate of drug-likeness (QED) is 0.320. The van der Waals surface area contributed by atoms with E-state index in [4.69, 9.17) is 11.6 Å². The smallest absolute Gasteiger partial charge is 0.267 e. The Labute approximate surface area is 213 Å². The van der Waals surface area contributed by atoms with Crippen molar-refractivity contribution in [3.63, 3.8) is 0 Å². The number of hydrogen-bond donors (Lipinski definition) is 4. The maximum absolute atomic E-state index is 13.6. The van der Waals surface area contributed by atoms with Crippen LogP contribution >= 0.6 is 11.6 Å². The Hall–Kier alpha value is -3.76. The van der Waals surface area contributed by atoms with Crippen LogP contribution in [0.4, 0.5) is 21.7 Å². The van der Waals surface area contributed by atoms with Gasteiger partial charge in [0.05, 0.1) is 16.2 Å². The summed E-state index contributed by atoms with van der Waals surface area (Å²) in [6.07, 6.45) is 2.98. The van der Waals surface area contributed by atoms with Crippen LogP contribution in [-0.4, -0.2) is 57.8 Å². The Morgan fingerprint density at radius 3 is 2.72 bits per heavy atom. The molecule has 0 fully saturated rings. The van der Waals surface area contributed by atoms with E-state index in [1.807, 2.05) is 6.92 Å². The third-order valence-electron chi connectivity index (χ3n) is 5.97. The molecule has 188 valence electrons. The lowest BCUT2D eigenvalue weighted by molar-refractivity contribution is -0.110. The minimum absolute atomic E-state index is 0.0411. The molecule has 0 bridgehead atoms. The first kappa shape index (κ1) is 25.3. The van der Waals surface area contributed by atoms with E-state index >= 15 is 0 Å². The van der Waals surface area contributed by atoms with Gasteiger partial charge in [-0.3, -0.25) is 9.59 Å². The number of nitrogens with zero attached hydrogens (tertiary/aromatic N) is 3. The van der Waals surface area contributed by atoms with Crippen molar-refractivity contribution >= 4 is 52.4 Å². The Morgan fingerprint density at radius 1 is 1.22 bits per heavy atom. The zero-order chi connectivity index (χ0) is 25.8. The van der Waals surface area contributed by atoms with Gasteiger partial charge in [-0.25, -0.2) is 14.4 Å². The highest BCUT2D eigenvalue weighted by molar-refractivity contribution is 6.35. The molecule has 1 aliphatic heterocycles. The number of hydrogen-bond acceptors (Lipinski definition) is 6. The van der Waals surface area contributed by atoms with Crippen LogP contribution in [0.15, 0.2) is 30.6 Å². The first-order chi connectivity index (χ1) is 17.3. The molecule has 2 amide bonds. The predicted molar refractivity (Wildman–Crippen MR) is 139 cm³/mol. The van der Waals surface area contributed by atoms with Gasteiger partial charge in [0.15, 0.2) is 0 Å². The van der Waals surface area contributed by atoms with Crippen molar-refractivity contribution in [2.75, 3.05) is 36.8 Å². The molecular formula is C25H27ClFN7O2. The first-order valence-electron chi connectivity index (χ1n) is 11.6. The zero-order valence-electron chi connectivity index (χ0n) is 20.2. The average molecular weight is 512 g/mol. The van der Waals surface area contributed by atoms with E-state index in [1.54, 1.807) is 12.1 Å². The molecule has 36 heavy (non-hydrogen) atoms. The van der Waals surface area contributed by atoms with Crippen molar-refractivity contribution in [3.8, 4) is 0 Å².